The van der Waals surface area contributed by atoms with Gasteiger partial charge in [0.05, 0.1) is 19.8 Å². The molecular formula is C12H25NO2. The van der Waals surface area contributed by atoms with E-state index in [-0.39, 0.29) is 7.43 Å². The number of methoxy groups -OCH3 is 1. The molecule has 2 fully saturated rings. The van der Waals surface area contributed by atoms with Crippen LogP contribution in [0.1, 0.15) is 27.2 Å². The van der Waals surface area contributed by atoms with Gasteiger partial charge in [0.25, 0.3) is 0 Å². The lowest BCUT2D eigenvalue weighted by Crippen LogP contribution is -2.46. The molecule has 1 aliphatic heterocycles. The van der Waals surface area contributed by atoms with E-state index in [9.17, 15) is 0 Å². The van der Waals surface area contributed by atoms with Gasteiger partial charge in [-0.2, -0.15) is 0 Å². The summed E-state index contributed by atoms with van der Waals surface area (Å²) in [5, 5.41) is 0. The molecule has 0 N–H and O–H groups in total. The third-order valence-electron chi connectivity index (χ3n) is 3.45. The summed E-state index contributed by atoms with van der Waals surface area (Å²) < 4.78 is 10.7. The van der Waals surface area contributed by atoms with Crippen molar-refractivity contribution >= 4 is 0 Å². The SMILES string of the molecule is C.COCC1(CN2CCOC[C@H]2C)CC1. The highest BCUT2D eigenvalue weighted by Crippen LogP contribution is 2.46. The lowest BCUT2D eigenvalue weighted by molar-refractivity contribution is -0.0166. The molecule has 2 aliphatic rings. The van der Waals surface area contributed by atoms with Crippen molar-refractivity contribution in [1.29, 1.82) is 0 Å². The summed E-state index contributed by atoms with van der Waals surface area (Å²) in [6.45, 7) is 7.26. The third kappa shape index (κ3) is 3.16. The van der Waals surface area contributed by atoms with Crippen molar-refractivity contribution in [1.82, 2.24) is 4.90 Å². The monoisotopic (exact) mass is 215 g/mol. The number of hydrogen-bond acceptors (Lipinski definition) is 3. The van der Waals surface area contributed by atoms with Gasteiger partial charge >= 0.3 is 0 Å². The van der Waals surface area contributed by atoms with Crippen LogP contribution >= 0.6 is 0 Å². The Kier molecular flexibility index (Phi) is 4.56. The van der Waals surface area contributed by atoms with E-state index in [2.05, 4.69) is 11.8 Å². The van der Waals surface area contributed by atoms with Crippen LogP contribution in [-0.4, -0.2) is 51.0 Å². The molecule has 0 unspecified atom stereocenters. The summed E-state index contributed by atoms with van der Waals surface area (Å²) in [5.41, 5.74) is 0.486. The maximum Gasteiger partial charge on any atom is 0.0619 e. The first kappa shape index (κ1) is 12.9. The molecular weight excluding hydrogens is 190 g/mol. The fourth-order valence-electron chi connectivity index (χ4n) is 2.26. The molecule has 15 heavy (non-hydrogen) atoms. The molecule has 3 nitrogen and oxygen atoms in total. The molecule has 1 aliphatic carbocycles. The van der Waals surface area contributed by atoms with E-state index < -0.39 is 0 Å². The smallest absolute Gasteiger partial charge is 0.0619 e. The molecule has 1 atom stereocenters. The van der Waals surface area contributed by atoms with Gasteiger partial charge in [0.15, 0.2) is 0 Å². The van der Waals surface area contributed by atoms with Crippen LogP contribution in [-0.2, 0) is 9.47 Å². The average Bonchev–Trinajstić information content (AvgIpc) is 2.90. The minimum atomic E-state index is 0. The van der Waals surface area contributed by atoms with Gasteiger partial charge in [-0.1, -0.05) is 7.43 Å². The fraction of sp³-hybridized carbons (Fsp3) is 1.00. The Morgan fingerprint density at radius 1 is 1.47 bits per heavy atom. The molecule has 1 saturated carbocycles. The lowest BCUT2D eigenvalue weighted by Gasteiger charge is -2.35. The fourth-order valence-corrected chi connectivity index (χ4v) is 2.26. The standard InChI is InChI=1S/C11H21NO2.CH4/c1-10-7-14-6-5-12(10)8-11(3-4-11)9-13-2;/h10H,3-9H2,1-2H3;1H4/t10-;/m1./s1. The maximum atomic E-state index is 5.43. The Hall–Kier alpha value is -0.120. The van der Waals surface area contributed by atoms with E-state index in [1.165, 1.54) is 19.4 Å². The van der Waals surface area contributed by atoms with Crippen molar-refractivity contribution in [2.24, 2.45) is 5.41 Å². The summed E-state index contributed by atoms with van der Waals surface area (Å²) in [6.07, 6.45) is 2.68. The van der Waals surface area contributed by atoms with Crippen LogP contribution in [0.3, 0.4) is 0 Å². The zero-order valence-corrected chi connectivity index (χ0v) is 9.29. The Balaban J connectivity index is 0.00000112. The first-order chi connectivity index (χ1) is 6.76. The van der Waals surface area contributed by atoms with Gasteiger partial charge in [0.2, 0.25) is 0 Å². The van der Waals surface area contributed by atoms with Crippen LogP contribution in [0.25, 0.3) is 0 Å². The van der Waals surface area contributed by atoms with Gasteiger partial charge < -0.3 is 9.47 Å². The van der Waals surface area contributed by atoms with Crippen molar-refractivity contribution in [3.05, 3.63) is 0 Å². The van der Waals surface area contributed by atoms with Crippen LogP contribution in [0, 0.1) is 5.41 Å². The zero-order valence-electron chi connectivity index (χ0n) is 9.29. The second-order valence-corrected chi connectivity index (χ2v) is 4.83. The van der Waals surface area contributed by atoms with Crippen LogP contribution in [0.15, 0.2) is 0 Å². The van der Waals surface area contributed by atoms with Crippen molar-refractivity contribution in [3.63, 3.8) is 0 Å². The highest BCUT2D eigenvalue weighted by molar-refractivity contribution is 4.96. The quantitative estimate of drug-likeness (QED) is 0.713. The van der Waals surface area contributed by atoms with Crippen molar-refractivity contribution in [2.75, 3.05) is 40.0 Å². The number of morpholine rings is 1. The van der Waals surface area contributed by atoms with Gasteiger partial charge in [0.1, 0.15) is 0 Å². The van der Waals surface area contributed by atoms with Crippen molar-refractivity contribution < 1.29 is 9.47 Å². The van der Waals surface area contributed by atoms with Crippen LogP contribution < -0.4 is 0 Å². The molecule has 90 valence electrons. The number of hydrogen-bond donors (Lipinski definition) is 0. The Morgan fingerprint density at radius 2 is 2.20 bits per heavy atom. The molecule has 0 aromatic heterocycles. The molecule has 0 aromatic carbocycles. The predicted octanol–water partition coefficient (Wildman–Crippen LogP) is 1.77. The molecule has 3 heteroatoms. The first-order valence-electron chi connectivity index (χ1n) is 5.56. The van der Waals surface area contributed by atoms with E-state index in [0.29, 0.717) is 11.5 Å². The molecule has 0 amide bonds. The van der Waals surface area contributed by atoms with Crippen molar-refractivity contribution in [2.45, 2.75) is 33.2 Å². The minimum Gasteiger partial charge on any atom is -0.384 e. The normalized spacial score (nSPS) is 29.6. The summed E-state index contributed by atoms with van der Waals surface area (Å²) in [5.74, 6) is 0. The Morgan fingerprint density at radius 3 is 2.73 bits per heavy atom. The lowest BCUT2D eigenvalue weighted by atomic mass is 10.1. The topological polar surface area (TPSA) is 21.7 Å². The van der Waals surface area contributed by atoms with E-state index in [1.807, 2.05) is 7.11 Å². The van der Waals surface area contributed by atoms with Crippen molar-refractivity contribution in [3.8, 4) is 0 Å². The van der Waals surface area contributed by atoms with Gasteiger partial charge in [0, 0.05) is 31.7 Å². The van der Waals surface area contributed by atoms with Gasteiger partial charge in [-0.3, -0.25) is 4.90 Å². The van der Waals surface area contributed by atoms with E-state index in [4.69, 9.17) is 9.47 Å². The number of nitrogens with zero attached hydrogens (tertiary/aromatic N) is 1. The molecule has 1 heterocycles. The van der Waals surface area contributed by atoms with Crippen LogP contribution in [0.4, 0.5) is 0 Å². The maximum absolute atomic E-state index is 5.43. The van der Waals surface area contributed by atoms with E-state index in [1.54, 1.807) is 0 Å². The largest absolute Gasteiger partial charge is 0.384 e. The molecule has 0 bridgehead atoms. The molecule has 0 aromatic rings. The van der Waals surface area contributed by atoms with Crippen LogP contribution in [0.5, 0.6) is 0 Å². The minimum absolute atomic E-state index is 0. The molecule has 0 radical (unpaired) electrons. The predicted molar refractivity (Wildman–Crippen MR) is 62.1 cm³/mol. The van der Waals surface area contributed by atoms with Crippen LogP contribution in [0.2, 0.25) is 0 Å². The first-order valence-corrected chi connectivity index (χ1v) is 5.56. The number of ether oxygens (including phenoxy) is 2. The zero-order chi connectivity index (χ0) is 10.0. The summed E-state index contributed by atoms with van der Waals surface area (Å²) >= 11 is 0. The van der Waals surface area contributed by atoms with Gasteiger partial charge in [-0.25, -0.2) is 0 Å². The van der Waals surface area contributed by atoms with Gasteiger partial charge in [-0.05, 0) is 19.8 Å². The third-order valence-corrected chi connectivity index (χ3v) is 3.45. The highest BCUT2D eigenvalue weighted by Gasteiger charge is 2.44. The highest BCUT2D eigenvalue weighted by atomic mass is 16.5. The Labute approximate surface area is 93.7 Å². The summed E-state index contributed by atoms with van der Waals surface area (Å²) in [7, 11) is 1.81. The number of rotatable bonds is 4. The average molecular weight is 215 g/mol. The second-order valence-electron chi connectivity index (χ2n) is 4.83. The summed E-state index contributed by atoms with van der Waals surface area (Å²) in [6, 6.07) is 0.582. The van der Waals surface area contributed by atoms with Gasteiger partial charge in [-0.15, -0.1) is 0 Å². The van der Waals surface area contributed by atoms with E-state index in [0.717, 1.165) is 26.4 Å². The second kappa shape index (κ2) is 5.28. The Bertz CT molecular complexity index is 192. The molecule has 1 saturated heterocycles. The molecule has 0 spiro atoms. The summed E-state index contributed by atoms with van der Waals surface area (Å²) in [4.78, 5) is 2.55. The van der Waals surface area contributed by atoms with E-state index >= 15 is 0 Å². The molecule has 2 rings (SSSR count).